The number of hydrogen-bond acceptors (Lipinski definition) is 1. The average molecular weight is 272 g/mol. The molecule has 0 N–H and O–H groups in total. The maximum Gasteiger partial charge on any atom is 0.0494 e. The fraction of sp³-hybridized carbons (Fsp3) is 0.571. The van der Waals surface area contributed by atoms with Crippen molar-refractivity contribution in [3.63, 3.8) is 0 Å². The Morgan fingerprint density at radius 3 is 2.82 bits per heavy atom. The van der Waals surface area contributed by atoms with Gasteiger partial charge in [0.05, 0.1) is 0 Å². The van der Waals surface area contributed by atoms with Crippen LogP contribution in [0.5, 0.6) is 0 Å². The second-order valence-electron chi connectivity index (χ2n) is 5.05. The molecule has 1 aliphatic heterocycles. The molecule has 1 heterocycles. The van der Waals surface area contributed by atoms with Gasteiger partial charge in [0, 0.05) is 29.2 Å². The number of benzene rings is 1. The van der Waals surface area contributed by atoms with Gasteiger partial charge in [-0.25, -0.2) is 0 Å². The van der Waals surface area contributed by atoms with E-state index in [4.69, 9.17) is 23.2 Å². The first-order valence-corrected chi connectivity index (χ1v) is 7.15. The van der Waals surface area contributed by atoms with Crippen molar-refractivity contribution in [3.8, 4) is 0 Å². The van der Waals surface area contributed by atoms with Crippen LogP contribution in [0.3, 0.4) is 0 Å². The average Bonchev–Trinajstić information content (AvgIpc) is 2.77. The zero-order chi connectivity index (χ0) is 12.4. The van der Waals surface area contributed by atoms with E-state index in [0.717, 1.165) is 11.6 Å². The minimum Gasteiger partial charge on any atom is -0.368 e. The van der Waals surface area contributed by atoms with Crippen LogP contribution in [0.4, 0.5) is 5.69 Å². The van der Waals surface area contributed by atoms with Crippen LogP contribution in [0, 0.1) is 5.92 Å². The van der Waals surface area contributed by atoms with Gasteiger partial charge in [-0.1, -0.05) is 31.5 Å². The first-order valence-electron chi connectivity index (χ1n) is 6.24. The summed E-state index contributed by atoms with van der Waals surface area (Å²) in [6.45, 7) is 5.69. The Kier molecular flexibility index (Phi) is 4.22. The lowest BCUT2D eigenvalue weighted by Crippen LogP contribution is -2.33. The Labute approximate surface area is 114 Å². The molecule has 0 amide bonds. The second kappa shape index (κ2) is 5.49. The predicted molar refractivity (Wildman–Crippen MR) is 76.2 cm³/mol. The standard InChI is InChI=1S/C14H19Cl2N/c1-10(2)13-4-3-7-17(13)14-8-12(16)6-5-11(14)9-15/h5-6,8,10,13H,3-4,7,9H2,1-2H3. The van der Waals surface area contributed by atoms with Gasteiger partial charge in [0.1, 0.15) is 0 Å². The highest BCUT2D eigenvalue weighted by Crippen LogP contribution is 2.34. The molecule has 0 aliphatic carbocycles. The molecule has 94 valence electrons. The normalized spacial score (nSPS) is 20.3. The van der Waals surface area contributed by atoms with E-state index < -0.39 is 0 Å². The molecular formula is C14H19Cl2N. The molecule has 0 aromatic heterocycles. The van der Waals surface area contributed by atoms with Gasteiger partial charge >= 0.3 is 0 Å². The summed E-state index contributed by atoms with van der Waals surface area (Å²) < 4.78 is 0. The van der Waals surface area contributed by atoms with Crippen LogP contribution in [-0.2, 0) is 5.88 Å². The topological polar surface area (TPSA) is 3.24 Å². The minimum absolute atomic E-state index is 0.549. The molecule has 1 aromatic carbocycles. The summed E-state index contributed by atoms with van der Waals surface area (Å²) in [6, 6.07) is 6.64. The highest BCUT2D eigenvalue weighted by atomic mass is 35.5. The smallest absolute Gasteiger partial charge is 0.0494 e. The number of rotatable bonds is 3. The van der Waals surface area contributed by atoms with Gasteiger partial charge in [0.2, 0.25) is 0 Å². The fourth-order valence-corrected chi connectivity index (χ4v) is 3.09. The largest absolute Gasteiger partial charge is 0.368 e. The molecule has 1 aliphatic rings. The fourth-order valence-electron chi connectivity index (χ4n) is 2.70. The van der Waals surface area contributed by atoms with E-state index in [2.05, 4.69) is 24.8 Å². The van der Waals surface area contributed by atoms with Crippen LogP contribution < -0.4 is 4.90 Å². The minimum atomic E-state index is 0.549. The van der Waals surface area contributed by atoms with Gasteiger partial charge in [-0.05, 0) is 36.5 Å². The van der Waals surface area contributed by atoms with Gasteiger partial charge in [-0.3, -0.25) is 0 Å². The first kappa shape index (κ1) is 13.0. The monoisotopic (exact) mass is 271 g/mol. The van der Waals surface area contributed by atoms with E-state index in [1.54, 1.807) is 0 Å². The Bertz CT molecular complexity index is 390. The molecule has 1 fully saturated rings. The van der Waals surface area contributed by atoms with Crippen molar-refractivity contribution in [3.05, 3.63) is 28.8 Å². The van der Waals surface area contributed by atoms with Crippen molar-refractivity contribution in [2.75, 3.05) is 11.4 Å². The lowest BCUT2D eigenvalue weighted by atomic mass is 10.0. The Balaban J connectivity index is 2.35. The number of alkyl halides is 1. The maximum absolute atomic E-state index is 6.11. The number of hydrogen-bond donors (Lipinski definition) is 0. The maximum atomic E-state index is 6.11. The van der Waals surface area contributed by atoms with Crippen molar-refractivity contribution in [1.29, 1.82) is 0 Å². The van der Waals surface area contributed by atoms with Crippen LogP contribution in [0.25, 0.3) is 0 Å². The highest BCUT2D eigenvalue weighted by molar-refractivity contribution is 6.31. The Morgan fingerprint density at radius 2 is 2.18 bits per heavy atom. The molecule has 2 rings (SSSR count). The van der Waals surface area contributed by atoms with Crippen molar-refractivity contribution >= 4 is 28.9 Å². The van der Waals surface area contributed by atoms with Gasteiger partial charge in [0.15, 0.2) is 0 Å². The quantitative estimate of drug-likeness (QED) is 0.721. The molecule has 1 saturated heterocycles. The number of anilines is 1. The Hall–Kier alpha value is -0.400. The molecule has 0 radical (unpaired) electrons. The van der Waals surface area contributed by atoms with Crippen molar-refractivity contribution in [2.45, 2.75) is 38.6 Å². The summed E-state index contributed by atoms with van der Waals surface area (Å²) in [7, 11) is 0. The zero-order valence-electron chi connectivity index (χ0n) is 10.4. The molecule has 0 bridgehead atoms. The third-order valence-electron chi connectivity index (χ3n) is 3.57. The van der Waals surface area contributed by atoms with Gasteiger partial charge in [-0.15, -0.1) is 11.6 Å². The lowest BCUT2D eigenvalue weighted by molar-refractivity contribution is 0.491. The van der Waals surface area contributed by atoms with Crippen molar-refractivity contribution in [1.82, 2.24) is 0 Å². The van der Waals surface area contributed by atoms with Gasteiger partial charge in [-0.2, -0.15) is 0 Å². The molecule has 0 spiro atoms. The van der Waals surface area contributed by atoms with Gasteiger partial charge < -0.3 is 4.90 Å². The summed E-state index contributed by atoms with van der Waals surface area (Å²) in [5.74, 6) is 1.22. The molecule has 1 atom stereocenters. The van der Waals surface area contributed by atoms with Gasteiger partial charge in [0.25, 0.3) is 0 Å². The van der Waals surface area contributed by atoms with Crippen LogP contribution in [0.1, 0.15) is 32.3 Å². The molecule has 17 heavy (non-hydrogen) atoms. The summed E-state index contributed by atoms with van der Waals surface area (Å²) >= 11 is 12.1. The number of halogens is 2. The molecule has 1 unspecified atom stereocenters. The van der Waals surface area contributed by atoms with Crippen molar-refractivity contribution < 1.29 is 0 Å². The van der Waals surface area contributed by atoms with Crippen LogP contribution in [0.15, 0.2) is 18.2 Å². The lowest BCUT2D eigenvalue weighted by Gasteiger charge is -2.31. The second-order valence-corrected chi connectivity index (χ2v) is 5.76. The van der Waals surface area contributed by atoms with E-state index in [-0.39, 0.29) is 0 Å². The van der Waals surface area contributed by atoms with E-state index in [9.17, 15) is 0 Å². The van der Waals surface area contributed by atoms with E-state index in [0.29, 0.717) is 17.8 Å². The number of nitrogens with zero attached hydrogens (tertiary/aromatic N) is 1. The Morgan fingerprint density at radius 1 is 1.41 bits per heavy atom. The van der Waals surface area contributed by atoms with E-state index in [1.165, 1.54) is 24.1 Å². The summed E-state index contributed by atoms with van der Waals surface area (Å²) in [6.07, 6.45) is 2.53. The van der Waals surface area contributed by atoms with Crippen LogP contribution in [-0.4, -0.2) is 12.6 Å². The van der Waals surface area contributed by atoms with E-state index >= 15 is 0 Å². The third-order valence-corrected chi connectivity index (χ3v) is 4.09. The molecule has 0 saturated carbocycles. The summed E-state index contributed by atoms with van der Waals surface area (Å²) in [5, 5.41) is 0.795. The molecular weight excluding hydrogens is 253 g/mol. The highest BCUT2D eigenvalue weighted by Gasteiger charge is 2.28. The summed E-state index contributed by atoms with van der Waals surface area (Å²) in [4.78, 5) is 2.48. The SMILES string of the molecule is CC(C)C1CCCN1c1cc(Cl)ccc1CCl. The van der Waals surface area contributed by atoms with Crippen LogP contribution in [0.2, 0.25) is 5.02 Å². The van der Waals surface area contributed by atoms with E-state index in [1.807, 2.05) is 12.1 Å². The van der Waals surface area contributed by atoms with Crippen molar-refractivity contribution in [2.24, 2.45) is 5.92 Å². The third kappa shape index (κ3) is 2.71. The van der Waals surface area contributed by atoms with Crippen LogP contribution >= 0.6 is 23.2 Å². The molecule has 1 nitrogen and oxygen atoms in total. The zero-order valence-corrected chi connectivity index (χ0v) is 11.9. The molecule has 3 heteroatoms. The summed E-state index contributed by atoms with van der Waals surface area (Å²) in [5.41, 5.74) is 2.41. The predicted octanol–water partition coefficient (Wildman–Crippen LogP) is 4.70. The first-order chi connectivity index (χ1) is 8.13. The molecule has 1 aromatic rings.